The molecule has 0 heterocycles. The molecule has 2 aromatic carbocycles. The fraction of sp³-hybridized carbons (Fsp3) is 0.222. The molecule has 0 aliphatic rings. The lowest BCUT2D eigenvalue weighted by molar-refractivity contribution is 0.411. The van der Waals surface area contributed by atoms with E-state index in [1.807, 2.05) is 24.3 Å². The van der Waals surface area contributed by atoms with Crippen molar-refractivity contribution in [3.8, 4) is 11.5 Å². The van der Waals surface area contributed by atoms with E-state index in [-0.39, 0.29) is 0 Å². The molecule has 0 amide bonds. The highest BCUT2D eigenvalue weighted by Gasteiger charge is 2.03. The highest BCUT2D eigenvalue weighted by molar-refractivity contribution is 5.74. The summed E-state index contributed by atoms with van der Waals surface area (Å²) < 4.78 is 10.7. The summed E-state index contributed by atoms with van der Waals surface area (Å²) in [5.41, 5.74) is 4.61. The van der Waals surface area contributed by atoms with Crippen LogP contribution in [-0.2, 0) is 0 Å². The molecule has 104 valence electrons. The Morgan fingerprint density at radius 1 is 0.700 bits per heavy atom. The second-order valence-corrected chi connectivity index (χ2v) is 4.68. The monoisotopic (exact) mass is 268 g/mol. The Morgan fingerprint density at radius 2 is 1.10 bits per heavy atom. The van der Waals surface area contributed by atoms with Gasteiger partial charge in [0.05, 0.1) is 14.2 Å². The van der Waals surface area contributed by atoms with Crippen LogP contribution in [0.5, 0.6) is 11.5 Å². The lowest BCUT2D eigenvalue weighted by Gasteiger charge is -2.08. The molecule has 2 rings (SSSR count). The normalized spacial score (nSPS) is 10.8. The van der Waals surface area contributed by atoms with Crippen molar-refractivity contribution in [3.63, 3.8) is 0 Å². The van der Waals surface area contributed by atoms with Crippen molar-refractivity contribution >= 4 is 12.2 Å². The third-order valence-electron chi connectivity index (χ3n) is 3.53. The number of benzene rings is 2. The van der Waals surface area contributed by atoms with Gasteiger partial charge in [0, 0.05) is 0 Å². The lowest BCUT2D eigenvalue weighted by Crippen LogP contribution is -1.90. The molecule has 0 saturated heterocycles. The van der Waals surface area contributed by atoms with Crippen LogP contribution < -0.4 is 9.47 Å². The van der Waals surface area contributed by atoms with Crippen LogP contribution in [-0.4, -0.2) is 14.2 Å². The molecule has 0 unspecified atom stereocenters. The fourth-order valence-electron chi connectivity index (χ4n) is 2.25. The van der Waals surface area contributed by atoms with Gasteiger partial charge in [-0.25, -0.2) is 0 Å². The van der Waals surface area contributed by atoms with Gasteiger partial charge < -0.3 is 9.47 Å². The van der Waals surface area contributed by atoms with Gasteiger partial charge in [-0.05, 0) is 48.2 Å². The predicted octanol–water partition coefficient (Wildman–Crippen LogP) is 4.49. The topological polar surface area (TPSA) is 18.5 Å². The van der Waals surface area contributed by atoms with Crippen molar-refractivity contribution in [1.82, 2.24) is 0 Å². The summed E-state index contributed by atoms with van der Waals surface area (Å²) in [6.07, 6.45) is 4.22. The lowest BCUT2D eigenvalue weighted by atomic mass is 10.0. The molecule has 0 spiro atoms. The van der Waals surface area contributed by atoms with Crippen LogP contribution in [0.4, 0.5) is 0 Å². The molecular weight excluding hydrogens is 248 g/mol. The number of hydrogen-bond donors (Lipinski definition) is 0. The molecule has 20 heavy (non-hydrogen) atoms. The summed E-state index contributed by atoms with van der Waals surface area (Å²) in [5, 5.41) is 0. The van der Waals surface area contributed by atoms with Gasteiger partial charge in [0.1, 0.15) is 11.5 Å². The summed E-state index contributed by atoms with van der Waals surface area (Å²) in [4.78, 5) is 0. The third kappa shape index (κ3) is 2.85. The quantitative estimate of drug-likeness (QED) is 0.761. The molecule has 2 heteroatoms. The zero-order valence-corrected chi connectivity index (χ0v) is 12.4. The number of methoxy groups -OCH3 is 2. The van der Waals surface area contributed by atoms with E-state index in [0.29, 0.717) is 0 Å². The van der Waals surface area contributed by atoms with Crippen molar-refractivity contribution in [1.29, 1.82) is 0 Å². The Labute approximate surface area is 120 Å². The highest BCUT2D eigenvalue weighted by atomic mass is 16.5. The zero-order chi connectivity index (χ0) is 14.5. The van der Waals surface area contributed by atoms with Crippen LogP contribution in [0.3, 0.4) is 0 Å². The molecule has 0 aliphatic heterocycles. The smallest absolute Gasteiger partial charge is 0.122 e. The van der Waals surface area contributed by atoms with E-state index in [2.05, 4.69) is 38.1 Å². The summed E-state index contributed by atoms with van der Waals surface area (Å²) >= 11 is 0. The van der Waals surface area contributed by atoms with E-state index < -0.39 is 0 Å². The minimum atomic E-state index is 0.912. The van der Waals surface area contributed by atoms with Crippen molar-refractivity contribution in [3.05, 3.63) is 58.7 Å². The summed E-state index contributed by atoms with van der Waals surface area (Å²) in [5.74, 6) is 1.82. The van der Waals surface area contributed by atoms with Crippen LogP contribution in [0.1, 0.15) is 22.3 Å². The minimum Gasteiger partial charge on any atom is -0.496 e. The first-order valence-electron chi connectivity index (χ1n) is 6.62. The van der Waals surface area contributed by atoms with Crippen molar-refractivity contribution < 1.29 is 9.47 Å². The van der Waals surface area contributed by atoms with Gasteiger partial charge in [0.15, 0.2) is 0 Å². The van der Waals surface area contributed by atoms with Crippen molar-refractivity contribution in [2.75, 3.05) is 14.2 Å². The van der Waals surface area contributed by atoms with Crippen molar-refractivity contribution in [2.24, 2.45) is 0 Å². The maximum atomic E-state index is 5.34. The second-order valence-electron chi connectivity index (χ2n) is 4.68. The summed E-state index contributed by atoms with van der Waals surface area (Å²) in [7, 11) is 3.39. The Hall–Kier alpha value is -2.22. The van der Waals surface area contributed by atoms with E-state index in [1.165, 1.54) is 0 Å². The molecule has 0 fully saturated rings. The third-order valence-corrected chi connectivity index (χ3v) is 3.53. The molecule has 0 aliphatic carbocycles. The molecule has 0 N–H and O–H groups in total. The molecular formula is C18H20O2. The van der Waals surface area contributed by atoms with E-state index in [0.717, 1.165) is 33.8 Å². The van der Waals surface area contributed by atoms with E-state index in [1.54, 1.807) is 14.2 Å². The van der Waals surface area contributed by atoms with Gasteiger partial charge >= 0.3 is 0 Å². The van der Waals surface area contributed by atoms with Gasteiger partial charge in [0.25, 0.3) is 0 Å². The first-order chi connectivity index (χ1) is 9.67. The van der Waals surface area contributed by atoms with E-state index in [9.17, 15) is 0 Å². The first-order valence-corrected chi connectivity index (χ1v) is 6.62. The molecule has 0 aromatic heterocycles. The van der Waals surface area contributed by atoms with Gasteiger partial charge in [-0.2, -0.15) is 0 Å². The van der Waals surface area contributed by atoms with Gasteiger partial charge in [-0.15, -0.1) is 0 Å². The Bertz CT molecular complexity index is 572. The van der Waals surface area contributed by atoms with Gasteiger partial charge in [0.2, 0.25) is 0 Å². The molecule has 0 bridgehead atoms. The maximum absolute atomic E-state index is 5.34. The molecule has 0 atom stereocenters. The Morgan fingerprint density at radius 3 is 1.45 bits per heavy atom. The second kappa shape index (κ2) is 6.29. The van der Waals surface area contributed by atoms with Gasteiger partial charge in [-0.1, -0.05) is 36.4 Å². The average molecular weight is 268 g/mol. The highest BCUT2D eigenvalue weighted by Crippen LogP contribution is 2.25. The number of hydrogen-bond acceptors (Lipinski definition) is 2. The van der Waals surface area contributed by atoms with Crippen LogP contribution in [0.25, 0.3) is 12.2 Å². The molecule has 0 saturated carbocycles. The van der Waals surface area contributed by atoms with Crippen LogP contribution in [0.15, 0.2) is 36.4 Å². The largest absolute Gasteiger partial charge is 0.496 e. The van der Waals surface area contributed by atoms with Gasteiger partial charge in [-0.3, -0.25) is 0 Å². The SMILES string of the molecule is COc1cccc(C=Cc2cccc(OC)c2C)c1C. The molecule has 0 radical (unpaired) electrons. The summed E-state index contributed by atoms with van der Waals surface area (Å²) in [6.45, 7) is 4.13. The maximum Gasteiger partial charge on any atom is 0.122 e. The number of ether oxygens (including phenoxy) is 2. The van der Waals surface area contributed by atoms with E-state index >= 15 is 0 Å². The van der Waals surface area contributed by atoms with E-state index in [4.69, 9.17) is 9.47 Å². The Kier molecular flexibility index (Phi) is 4.46. The molecule has 2 nitrogen and oxygen atoms in total. The fourth-order valence-corrected chi connectivity index (χ4v) is 2.25. The zero-order valence-electron chi connectivity index (χ0n) is 12.4. The standard InChI is InChI=1S/C18H20O2/c1-13-15(7-5-9-17(13)19-3)11-12-16-8-6-10-18(20-4)14(16)2/h5-12H,1-4H3. The minimum absolute atomic E-state index is 0.912. The number of rotatable bonds is 4. The molecule has 2 aromatic rings. The average Bonchev–Trinajstić information content (AvgIpc) is 2.47. The van der Waals surface area contributed by atoms with Crippen LogP contribution in [0.2, 0.25) is 0 Å². The Balaban J connectivity index is 2.35. The summed E-state index contributed by atoms with van der Waals surface area (Å²) in [6, 6.07) is 12.1. The van der Waals surface area contributed by atoms with Crippen LogP contribution in [0, 0.1) is 13.8 Å². The van der Waals surface area contributed by atoms with Crippen molar-refractivity contribution in [2.45, 2.75) is 13.8 Å². The first kappa shape index (κ1) is 14.2. The van der Waals surface area contributed by atoms with Crippen LogP contribution >= 0.6 is 0 Å². The predicted molar refractivity (Wildman–Crippen MR) is 84.4 cm³/mol.